The number of carbonyl (C=O) groups is 1. The topological polar surface area (TPSA) is 99.2 Å². The average molecular weight is 402 g/mol. The van der Waals surface area contributed by atoms with Gasteiger partial charge in [0, 0.05) is 12.6 Å². The summed E-state index contributed by atoms with van der Waals surface area (Å²) in [5.74, 6) is -0.359. The molecule has 1 amide bonds. The molecule has 0 spiro atoms. The zero-order chi connectivity index (χ0) is 20.8. The lowest BCUT2D eigenvalue weighted by Gasteiger charge is -2.37. The predicted octanol–water partition coefficient (Wildman–Crippen LogP) is 1.56. The molecule has 1 aromatic rings. The third kappa shape index (κ3) is 6.17. The number of hydrogen-bond acceptors (Lipinski definition) is 6. The Morgan fingerprint density at radius 3 is 2.37 bits per heavy atom. The zero-order valence-electron chi connectivity index (χ0n) is 16.9. The van der Waals surface area contributed by atoms with Crippen LogP contribution < -0.4 is 10.2 Å². The number of benzene rings is 1. The SMILES string of the molecule is COc1cccc(S(=O)(=O)N(CCCN(C)C)[C@@H](C(=O)NO)C(C)(C)C)c1. The van der Waals surface area contributed by atoms with Crippen LogP contribution in [-0.2, 0) is 14.8 Å². The molecule has 0 saturated heterocycles. The number of rotatable bonds is 9. The van der Waals surface area contributed by atoms with Crippen molar-refractivity contribution >= 4 is 15.9 Å². The van der Waals surface area contributed by atoms with E-state index in [2.05, 4.69) is 0 Å². The largest absolute Gasteiger partial charge is 0.497 e. The minimum absolute atomic E-state index is 0.0340. The Bertz CT molecular complexity index is 729. The number of ether oxygens (including phenoxy) is 1. The van der Waals surface area contributed by atoms with E-state index in [9.17, 15) is 18.4 Å². The normalized spacial score (nSPS) is 13.7. The Balaban J connectivity index is 3.43. The predicted molar refractivity (Wildman–Crippen MR) is 103 cm³/mol. The van der Waals surface area contributed by atoms with Crippen molar-refractivity contribution in [1.29, 1.82) is 0 Å². The van der Waals surface area contributed by atoms with Gasteiger partial charge in [0.2, 0.25) is 10.0 Å². The van der Waals surface area contributed by atoms with Crippen LogP contribution in [-0.4, -0.2) is 69.1 Å². The highest BCUT2D eigenvalue weighted by atomic mass is 32.2. The summed E-state index contributed by atoms with van der Waals surface area (Å²) in [6.07, 6.45) is 0.529. The second-order valence-corrected chi connectivity index (χ2v) is 9.59. The van der Waals surface area contributed by atoms with E-state index in [1.807, 2.05) is 19.0 Å². The van der Waals surface area contributed by atoms with Gasteiger partial charge in [-0.05, 0) is 44.6 Å². The Morgan fingerprint density at radius 2 is 1.89 bits per heavy atom. The third-order valence-electron chi connectivity index (χ3n) is 4.10. The molecule has 0 fully saturated rings. The molecule has 0 unspecified atom stereocenters. The summed E-state index contributed by atoms with van der Waals surface area (Å²) in [5.41, 5.74) is 0.878. The molecular formula is C18H31N3O5S. The van der Waals surface area contributed by atoms with Gasteiger partial charge < -0.3 is 9.64 Å². The fourth-order valence-corrected chi connectivity index (χ4v) is 4.69. The number of nitrogens with one attached hydrogen (secondary N) is 1. The second-order valence-electron chi connectivity index (χ2n) is 7.70. The molecule has 0 aromatic heterocycles. The molecule has 1 atom stereocenters. The molecule has 8 nitrogen and oxygen atoms in total. The first-order chi connectivity index (χ1) is 12.4. The molecule has 0 radical (unpaired) electrons. The second kappa shape index (κ2) is 9.50. The van der Waals surface area contributed by atoms with Gasteiger partial charge in [0.1, 0.15) is 11.8 Å². The lowest BCUT2D eigenvalue weighted by Crippen LogP contribution is -2.55. The van der Waals surface area contributed by atoms with E-state index in [0.717, 1.165) is 4.31 Å². The minimum Gasteiger partial charge on any atom is -0.497 e. The van der Waals surface area contributed by atoms with E-state index in [4.69, 9.17) is 4.74 Å². The van der Waals surface area contributed by atoms with Crippen molar-refractivity contribution in [3.63, 3.8) is 0 Å². The quantitative estimate of drug-likeness (QED) is 0.481. The van der Waals surface area contributed by atoms with Crippen molar-refractivity contribution in [3.05, 3.63) is 24.3 Å². The fourth-order valence-electron chi connectivity index (χ4n) is 2.85. The number of carbonyl (C=O) groups excluding carboxylic acids is 1. The van der Waals surface area contributed by atoms with Crippen LogP contribution >= 0.6 is 0 Å². The van der Waals surface area contributed by atoms with Gasteiger partial charge in [0.15, 0.2) is 0 Å². The van der Waals surface area contributed by atoms with Gasteiger partial charge in [-0.1, -0.05) is 26.8 Å². The van der Waals surface area contributed by atoms with Crippen LogP contribution in [0.1, 0.15) is 27.2 Å². The smallest absolute Gasteiger partial charge is 0.262 e. The maximum Gasteiger partial charge on any atom is 0.262 e. The number of hydroxylamine groups is 1. The van der Waals surface area contributed by atoms with Crippen LogP contribution in [0.25, 0.3) is 0 Å². The summed E-state index contributed by atoms with van der Waals surface area (Å²) in [6, 6.07) is 5.04. The van der Waals surface area contributed by atoms with E-state index < -0.39 is 27.4 Å². The number of methoxy groups -OCH3 is 1. The van der Waals surface area contributed by atoms with Gasteiger partial charge in [-0.2, -0.15) is 4.31 Å². The van der Waals surface area contributed by atoms with Crippen molar-refractivity contribution in [1.82, 2.24) is 14.7 Å². The molecule has 27 heavy (non-hydrogen) atoms. The molecule has 0 heterocycles. The van der Waals surface area contributed by atoms with Gasteiger partial charge >= 0.3 is 0 Å². The van der Waals surface area contributed by atoms with E-state index in [1.54, 1.807) is 38.4 Å². The minimum atomic E-state index is -4.01. The highest BCUT2D eigenvalue weighted by Gasteiger charge is 2.42. The summed E-state index contributed by atoms with van der Waals surface area (Å²) in [7, 11) is 1.23. The van der Waals surface area contributed by atoms with Crippen LogP contribution in [0.15, 0.2) is 29.2 Å². The summed E-state index contributed by atoms with van der Waals surface area (Å²) in [5, 5.41) is 9.20. The molecule has 1 aromatic carbocycles. The number of hydrogen-bond donors (Lipinski definition) is 2. The highest BCUT2D eigenvalue weighted by Crippen LogP contribution is 2.31. The molecule has 154 valence electrons. The van der Waals surface area contributed by atoms with Crippen molar-refractivity contribution in [3.8, 4) is 5.75 Å². The monoisotopic (exact) mass is 401 g/mol. The Labute approximate surface area is 162 Å². The van der Waals surface area contributed by atoms with Crippen LogP contribution in [0.2, 0.25) is 0 Å². The van der Waals surface area contributed by atoms with E-state index >= 15 is 0 Å². The molecule has 0 saturated carbocycles. The Morgan fingerprint density at radius 1 is 1.26 bits per heavy atom. The summed E-state index contributed by atoms with van der Waals surface area (Å²) in [4.78, 5) is 14.4. The molecular weight excluding hydrogens is 370 g/mol. The van der Waals surface area contributed by atoms with Gasteiger partial charge in [-0.15, -0.1) is 0 Å². The lowest BCUT2D eigenvalue weighted by molar-refractivity contribution is -0.136. The van der Waals surface area contributed by atoms with Crippen molar-refractivity contribution < 1.29 is 23.2 Å². The summed E-state index contributed by atoms with van der Waals surface area (Å²) >= 11 is 0. The van der Waals surface area contributed by atoms with Gasteiger partial charge in [0.25, 0.3) is 5.91 Å². The zero-order valence-corrected chi connectivity index (χ0v) is 17.7. The van der Waals surface area contributed by atoms with Gasteiger partial charge in [-0.25, -0.2) is 13.9 Å². The maximum atomic E-state index is 13.4. The van der Waals surface area contributed by atoms with Gasteiger partial charge in [-0.3, -0.25) is 10.0 Å². The van der Waals surface area contributed by atoms with Crippen molar-refractivity contribution in [2.24, 2.45) is 5.41 Å². The fraction of sp³-hybridized carbons (Fsp3) is 0.611. The molecule has 0 bridgehead atoms. The molecule has 1 rings (SSSR count). The summed E-state index contributed by atoms with van der Waals surface area (Å²) in [6.45, 7) is 6.06. The molecule has 0 aliphatic carbocycles. The van der Waals surface area contributed by atoms with E-state index in [0.29, 0.717) is 18.7 Å². The first-order valence-corrected chi connectivity index (χ1v) is 10.1. The van der Waals surface area contributed by atoms with Gasteiger partial charge in [0.05, 0.1) is 12.0 Å². The maximum absolute atomic E-state index is 13.4. The molecule has 0 aliphatic heterocycles. The Kier molecular flexibility index (Phi) is 8.22. The number of sulfonamides is 1. The standard InChI is InChI=1S/C18H31N3O5S/c1-18(2,3)16(17(22)19-23)21(12-8-11-20(4)5)27(24,25)15-10-7-9-14(13-15)26-6/h7,9-10,13,16,23H,8,11-12H2,1-6H3,(H,19,22)/t16-/m0/s1. The van der Waals surface area contributed by atoms with Crippen molar-refractivity contribution in [2.45, 2.75) is 38.1 Å². The first kappa shape index (κ1) is 23.4. The average Bonchev–Trinajstić information content (AvgIpc) is 2.59. The van der Waals surface area contributed by atoms with Crippen molar-refractivity contribution in [2.75, 3.05) is 34.3 Å². The molecule has 9 heteroatoms. The summed E-state index contributed by atoms with van der Waals surface area (Å²) < 4.78 is 33.1. The Hall–Kier alpha value is -1.68. The van der Waals surface area contributed by atoms with Crippen LogP contribution in [0.3, 0.4) is 0 Å². The first-order valence-electron chi connectivity index (χ1n) is 8.69. The van der Waals surface area contributed by atoms with E-state index in [-0.39, 0.29) is 11.4 Å². The number of nitrogens with zero attached hydrogens (tertiary/aromatic N) is 2. The van der Waals surface area contributed by atoms with Crippen LogP contribution in [0, 0.1) is 5.41 Å². The molecule has 0 aliphatic rings. The third-order valence-corrected chi connectivity index (χ3v) is 5.96. The van der Waals surface area contributed by atoms with E-state index in [1.165, 1.54) is 19.2 Å². The molecule has 2 N–H and O–H groups in total. The van der Waals surface area contributed by atoms with Crippen LogP contribution in [0.5, 0.6) is 5.75 Å². The van der Waals surface area contributed by atoms with Crippen LogP contribution in [0.4, 0.5) is 0 Å². The number of amides is 1. The highest BCUT2D eigenvalue weighted by molar-refractivity contribution is 7.89. The lowest BCUT2D eigenvalue weighted by atomic mass is 9.86.